The fourth-order valence-electron chi connectivity index (χ4n) is 1.36. The van der Waals surface area contributed by atoms with Crippen molar-refractivity contribution in [2.45, 2.75) is 13.5 Å². The number of halogens is 1. The van der Waals surface area contributed by atoms with Gasteiger partial charge in [0.15, 0.2) is 0 Å². The Kier molecular flexibility index (Phi) is 5.52. The van der Waals surface area contributed by atoms with Gasteiger partial charge < -0.3 is 10.5 Å². The van der Waals surface area contributed by atoms with Crippen LogP contribution in [0.5, 0.6) is 0 Å². The average Bonchev–Trinajstić information content (AvgIpc) is 2.31. The summed E-state index contributed by atoms with van der Waals surface area (Å²) in [5.74, 6) is -0.602. The molecule has 1 rings (SSSR count). The first-order chi connectivity index (χ1) is 8.48. The number of anilines is 1. The minimum Gasteiger partial charge on any atom is -0.381 e. The summed E-state index contributed by atoms with van der Waals surface area (Å²) in [6, 6.07) is 3.75. The Morgan fingerprint density at radius 2 is 2.17 bits per heavy atom. The lowest BCUT2D eigenvalue weighted by Gasteiger charge is -2.11. The molecular formula is C11H17FN2O3S. The van der Waals surface area contributed by atoms with Gasteiger partial charge in [0.05, 0.1) is 18.0 Å². The van der Waals surface area contributed by atoms with Gasteiger partial charge in [0, 0.05) is 13.2 Å². The standard InChI is InChI=1S/C11H17FN2O3S/c1-2-17-5-6-18(15,16)14-11-4-3-10(12)7-9(11)8-13/h3-4,7,14H,2,5-6,8,13H2,1H3. The van der Waals surface area contributed by atoms with Gasteiger partial charge in [-0.15, -0.1) is 0 Å². The number of benzene rings is 1. The molecule has 1 aromatic carbocycles. The number of nitrogens with two attached hydrogens (primary N) is 1. The smallest absolute Gasteiger partial charge is 0.235 e. The largest absolute Gasteiger partial charge is 0.381 e. The Morgan fingerprint density at radius 3 is 2.78 bits per heavy atom. The maximum atomic E-state index is 13.0. The van der Waals surface area contributed by atoms with Gasteiger partial charge in [0.25, 0.3) is 0 Å². The second kappa shape index (κ2) is 6.67. The molecule has 3 N–H and O–H groups in total. The van der Waals surface area contributed by atoms with E-state index < -0.39 is 15.8 Å². The molecule has 0 saturated heterocycles. The molecular weight excluding hydrogens is 259 g/mol. The first-order valence-corrected chi connectivity index (χ1v) is 7.20. The molecule has 5 nitrogen and oxygen atoms in total. The molecule has 0 atom stereocenters. The van der Waals surface area contributed by atoms with Crippen LogP contribution in [-0.4, -0.2) is 27.4 Å². The van der Waals surface area contributed by atoms with Gasteiger partial charge >= 0.3 is 0 Å². The second-order valence-corrected chi connectivity index (χ2v) is 5.47. The zero-order chi connectivity index (χ0) is 13.6. The van der Waals surface area contributed by atoms with Crippen LogP contribution in [0.4, 0.5) is 10.1 Å². The molecule has 7 heteroatoms. The van der Waals surface area contributed by atoms with Crippen LogP contribution in [0.1, 0.15) is 12.5 Å². The van der Waals surface area contributed by atoms with E-state index in [0.717, 1.165) is 0 Å². The van der Waals surface area contributed by atoms with E-state index >= 15 is 0 Å². The van der Waals surface area contributed by atoms with Gasteiger partial charge in [-0.1, -0.05) is 0 Å². The maximum absolute atomic E-state index is 13.0. The average molecular weight is 276 g/mol. The number of ether oxygens (including phenoxy) is 1. The van der Waals surface area contributed by atoms with Crippen molar-refractivity contribution in [2.75, 3.05) is 23.7 Å². The van der Waals surface area contributed by atoms with E-state index in [-0.39, 0.29) is 18.9 Å². The summed E-state index contributed by atoms with van der Waals surface area (Å²) in [7, 11) is -3.51. The number of hydrogen-bond acceptors (Lipinski definition) is 4. The lowest BCUT2D eigenvalue weighted by atomic mass is 10.2. The van der Waals surface area contributed by atoms with Crippen LogP contribution in [0.2, 0.25) is 0 Å². The van der Waals surface area contributed by atoms with Crippen molar-refractivity contribution in [3.05, 3.63) is 29.6 Å². The highest BCUT2D eigenvalue weighted by molar-refractivity contribution is 7.92. The van der Waals surface area contributed by atoms with Crippen molar-refractivity contribution in [3.63, 3.8) is 0 Å². The Labute approximate surface area is 106 Å². The Balaban J connectivity index is 2.77. The molecule has 0 radical (unpaired) electrons. The van der Waals surface area contributed by atoms with Gasteiger partial charge in [-0.2, -0.15) is 0 Å². The van der Waals surface area contributed by atoms with Crippen molar-refractivity contribution < 1.29 is 17.5 Å². The normalized spacial score (nSPS) is 11.5. The topological polar surface area (TPSA) is 81.4 Å². The van der Waals surface area contributed by atoms with Gasteiger partial charge in [0.2, 0.25) is 10.0 Å². The number of hydrogen-bond donors (Lipinski definition) is 2. The summed E-state index contributed by atoms with van der Waals surface area (Å²) in [4.78, 5) is 0. The molecule has 0 spiro atoms. The van der Waals surface area contributed by atoms with E-state index in [1.165, 1.54) is 18.2 Å². The minimum atomic E-state index is -3.51. The molecule has 0 bridgehead atoms. The Bertz CT molecular complexity index is 491. The van der Waals surface area contributed by atoms with Crippen LogP contribution < -0.4 is 10.5 Å². The van der Waals surface area contributed by atoms with Gasteiger partial charge in [-0.05, 0) is 30.7 Å². The summed E-state index contributed by atoms with van der Waals surface area (Å²) >= 11 is 0. The number of nitrogens with one attached hydrogen (secondary N) is 1. The first kappa shape index (κ1) is 14.9. The van der Waals surface area contributed by atoms with Crippen LogP contribution in [0.15, 0.2) is 18.2 Å². The Morgan fingerprint density at radius 1 is 1.44 bits per heavy atom. The zero-order valence-electron chi connectivity index (χ0n) is 10.1. The molecule has 0 fully saturated rings. The quantitative estimate of drug-likeness (QED) is 0.730. The molecule has 0 aliphatic rings. The third-order valence-corrected chi connectivity index (χ3v) is 3.49. The van der Waals surface area contributed by atoms with E-state index in [0.29, 0.717) is 17.9 Å². The van der Waals surface area contributed by atoms with Crippen molar-refractivity contribution in [3.8, 4) is 0 Å². The highest BCUT2D eigenvalue weighted by atomic mass is 32.2. The van der Waals surface area contributed by atoms with Crippen molar-refractivity contribution >= 4 is 15.7 Å². The van der Waals surface area contributed by atoms with Crippen LogP contribution >= 0.6 is 0 Å². The van der Waals surface area contributed by atoms with E-state index in [1.807, 2.05) is 0 Å². The summed E-state index contributed by atoms with van der Waals surface area (Å²) < 4.78 is 43.7. The predicted molar refractivity (Wildman–Crippen MR) is 68.2 cm³/mol. The number of sulfonamides is 1. The van der Waals surface area contributed by atoms with Crippen molar-refractivity contribution in [1.82, 2.24) is 0 Å². The van der Waals surface area contributed by atoms with Crippen LogP contribution in [0.25, 0.3) is 0 Å². The maximum Gasteiger partial charge on any atom is 0.235 e. The molecule has 102 valence electrons. The first-order valence-electron chi connectivity index (χ1n) is 5.55. The lowest BCUT2D eigenvalue weighted by molar-refractivity contribution is 0.163. The number of rotatable bonds is 7. The third kappa shape index (κ3) is 4.59. The van der Waals surface area contributed by atoms with Crippen molar-refractivity contribution in [2.24, 2.45) is 5.73 Å². The van der Waals surface area contributed by atoms with Gasteiger partial charge in [0.1, 0.15) is 5.82 Å². The fraction of sp³-hybridized carbons (Fsp3) is 0.455. The molecule has 0 amide bonds. The molecule has 0 saturated carbocycles. The summed E-state index contributed by atoms with van der Waals surface area (Å²) in [5.41, 5.74) is 6.15. The van der Waals surface area contributed by atoms with Crippen LogP contribution in [0, 0.1) is 5.82 Å². The highest BCUT2D eigenvalue weighted by Crippen LogP contribution is 2.17. The van der Waals surface area contributed by atoms with E-state index in [2.05, 4.69) is 4.72 Å². The predicted octanol–water partition coefficient (Wildman–Crippen LogP) is 1.06. The molecule has 0 aromatic heterocycles. The molecule has 0 aliphatic heterocycles. The van der Waals surface area contributed by atoms with Gasteiger partial charge in [-0.3, -0.25) is 4.72 Å². The molecule has 18 heavy (non-hydrogen) atoms. The van der Waals surface area contributed by atoms with Crippen LogP contribution in [-0.2, 0) is 21.3 Å². The van der Waals surface area contributed by atoms with Gasteiger partial charge in [-0.25, -0.2) is 12.8 Å². The molecule has 0 aliphatic carbocycles. The van der Waals surface area contributed by atoms with E-state index in [1.54, 1.807) is 6.92 Å². The molecule has 0 unspecified atom stereocenters. The van der Waals surface area contributed by atoms with Crippen molar-refractivity contribution in [1.29, 1.82) is 0 Å². The molecule has 0 heterocycles. The summed E-state index contributed by atoms with van der Waals surface area (Å²) in [6.07, 6.45) is 0. The lowest BCUT2D eigenvalue weighted by Crippen LogP contribution is -2.21. The highest BCUT2D eigenvalue weighted by Gasteiger charge is 2.12. The van der Waals surface area contributed by atoms with E-state index in [4.69, 9.17) is 10.5 Å². The second-order valence-electron chi connectivity index (χ2n) is 3.62. The Hall–Kier alpha value is -1.18. The SMILES string of the molecule is CCOCCS(=O)(=O)Nc1ccc(F)cc1CN. The van der Waals surface area contributed by atoms with E-state index in [9.17, 15) is 12.8 Å². The van der Waals surface area contributed by atoms with Crippen LogP contribution in [0.3, 0.4) is 0 Å². The fourth-order valence-corrected chi connectivity index (χ4v) is 2.34. The summed E-state index contributed by atoms with van der Waals surface area (Å²) in [6.45, 7) is 2.42. The zero-order valence-corrected chi connectivity index (χ0v) is 11.0. The third-order valence-electron chi connectivity index (χ3n) is 2.25. The summed E-state index contributed by atoms with van der Waals surface area (Å²) in [5, 5.41) is 0. The minimum absolute atomic E-state index is 0.0566. The molecule has 1 aromatic rings. The monoisotopic (exact) mass is 276 g/mol.